The molecule has 1 heterocycles. The van der Waals surface area contributed by atoms with Crippen molar-refractivity contribution in [3.8, 4) is 0 Å². The molecule has 5 nitrogen and oxygen atoms in total. The maximum atomic E-state index is 12.1. The van der Waals surface area contributed by atoms with Crippen LogP contribution in [-0.4, -0.2) is 37.0 Å². The standard InChI is InChI=1S/C14H20N2O3S2/c1-19-14(18)11-8-4-3-5-10(8)21-13(11)16-12(17)9(15)6-7-20-2/h9H,3-7,15H2,1-2H3,(H,16,17)/t9-/m0/s1. The van der Waals surface area contributed by atoms with Gasteiger partial charge in [0.1, 0.15) is 5.00 Å². The Labute approximate surface area is 132 Å². The molecule has 0 radical (unpaired) electrons. The van der Waals surface area contributed by atoms with E-state index in [2.05, 4.69) is 5.32 Å². The molecule has 0 bridgehead atoms. The normalized spacial score (nSPS) is 14.6. The summed E-state index contributed by atoms with van der Waals surface area (Å²) in [6, 6.07) is -0.556. The number of amides is 1. The van der Waals surface area contributed by atoms with Crippen molar-refractivity contribution in [3.63, 3.8) is 0 Å². The summed E-state index contributed by atoms with van der Waals surface area (Å²) in [6.07, 6.45) is 5.46. The van der Waals surface area contributed by atoms with Crippen LogP contribution in [0.2, 0.25) is 0 Å². The molecule has 0 fully saturated rings. The number of nitrogens with one attached hydrogen (secondary N) is 1. The Morgan fingerprint density at radius 3 is 2.90 bits per heavy atom. The van der Waals surface area contributed by atoms with Gasteiger partial charge in [-0.2, -0.15) is 11.8 Å². The lowest BCUT2D eigenvalue weighted by Crippen LogP contribution is -2.36. The Morgan fingerprint density at radius 2 is 2.24 bits per heavy atom. The van der Waals surface area contributed by atoms with E-state index in [1.54, 1.807) is 11.8 Å². The fraction of sp³-hybridized carbons (Fsp3) is 0.571. The summed E-state index contributed by atoms with van der Waals surface area (Å²) in [7, 11) is 1.36. The van der Waals surface area contributed by atoms with Gasteiger partial charge in [0.25, 0.3) is 0 Å². The van der Waals surface area contributed by atoms with Crippen molar-refractivity contribution in [1.82, 2.24) is 0 Å². The first-order chi connectivity index (χ1) is 10.1. The van der Waals surface area contributed by atoms with Crippen LogP contribution in [-0.2, 0) is 22.4 Å². The highest BCUT2D eigenvalue weighted by Crippen LogP contribution is 2.39. The van der Waals surface area contributed by atoms with Crippen molar-refractivity contribution in [3.05, 3.63) is 16.0 Å². The Hall–Kier alpha value is -1.05. The highest BCUT2D eigenvalue weighted by molar-refractivity contribution is 7.98. The minimum absolute atomic E-state index is 0.242. The van der Waals surface area contributed by atoms with E-state index in [1.807, 2.05) is 6.26 Å². The lowest BCUT2D eigenvalue weighted by molar-refractivity contribution is -0.117. The Kier molecular flexibility index (Phi) is 5.66. The molecule has 1 aromatic heterocycles. The number of rotatable bonds is 6. The smallest absolute Gasteiger partial charge is 0.341 e. The number of anilines is 1. The van der Waals surface area contributed by atoms with Crippen LogP contribution in [0.1, 0.15) is 33.6 Å². The molecule has 1 amide bonds. The van der Waals surface area contributed by atoms with Gasteiger partial charge in [-0.15, -0.1) is 11.3 Å². The van der Waals surface area contributed by atoms with Gasteiger partial charge in [0.05, 0.1) is 18.7 Å². The van der Waals surface area contributed by atoms with Crippen molar-refractivity contribution < 1.29 is 14.3 Å². The van der Waals surface area contributed by atoms with Gasteiger partial charge in [-0.25, -0.2) is 4.79 Å². The monoisotopic (exact) mass is 328 g/mol. The number of esters is 1. The van der Waals surface area contributed by atoms with E-state index in [-0.39, 0.29) is 11.9 Å². The van der Waals surface area contributed by atoms with Crippen molar-refractivity contribution in [2.75, 3.05) is 24.4 Å². The molecule has 116 valence electrons. The average molecular weight is 328 g/mol. The van der Waals surface area contributed by atoms with Crippen LogP contribution in [0.4, 0.5) is 5.00 Å². The number of thioether (sulfide) groups is 1. The molecule has 1 atom stereocenters. The fourth-order valence-corrected chi connectivity index (χ4v) is 4.16. The molecular formula is C14H20N2O3S2. The third-order valence-electron chi connectivity index (χ3n) is 3.52. The summed E-state index contributed by atoms with van der Waals surface area (Å²) in [5, 5.41) is 3.39. The molecule has 2 rings (SSSR count). The topological polar surface area (TPSA) is 81.4 Å². The Morgan fingerprint density at radius 1 is 1.48 bits per heavy atom. The molecule has 0 saturated carbocycles. The molecule has 21 heavy (non-hydrogen) atoms. The van der Waals surface area contributed by atoms with E-state index in [9.17, 15) is 9.59 Å². The van der Waals surface area contributed by atoms with Gasteiger partial charge in [-0.3, -0.25) is 4.79 Å². The van der Waals surface area contributed by atoms with Gasteiger partial charge in [0, 0.05) is 4.88 Å². The molecule has 0 unspecified atom stereocenters. The second-order valence-corrected chi connectivity index (χ2v) is 7.02. The zero-order valence-electron chi connectivity index (χ0n) is 12.2. The van der Waals surface area contributed by atoms with Gasteiger partial charge in [0.2, 0.25) is 5.91 Å². The van der Waals surface area contributed by atoms with Crippen molar-refractivity contribution in [2.45, 2.75) is 31.7 Å². The van der Waals surface area contributed by atoms with Gasteiger partial charge >= 0.3 is 5.97 Å². The number of carbonyl (C=O) groups excluding carboxylic acids is 2. The van der Waals surface area contributed by atoms with Crippen LogP contribution in [0.25, 0.3) is 0 Å². The summed E-state index contributed by atoms with van der Waals surface area (Å²) < 4.78 is 4.85. The third-order valence-corrected chi connectivity index (χ3v) is 5.37. The molecule has 3 N–H and O–H groups in total. The van der Waals surface area contributed by atoms with Crippen LogP contribution < -0.4 is 11.1 Å². The molecule has 1 aliphatic carbocycles. The van der Waals surface area contributed by atoms with Crippen LogP contribution in [0.3, 0.4) is 0 Å². The molecule has 1 aromatic rings. The van der Waals surface area contributed by atoms with Gasteiger partial charge < -0.3 is 15.8 Å². The van der Waals surface area contributed by atoms with Crippen LogP contribution in [0.5, 0.6) is 0 Å². The van der Waals surface area contributed by atoms with Crippen molar-refractivity contribution in [1.29, 1.82) is 0 Å². The zero-order valence-corrected chi connectivity index (χ0v) is 13.9. The summed E-state index contributed by atoms with van der Waals surface area (Å²) >= 11 is 3.12. The summed E-state index contributed by atoms with van der Waals surface area (Å²) in [4.78, 5) is 25.3. The van der Waals surface area contributed by atoms with Crippen molar-refractivity contribution in [2.24, 2.45) is 5.73 Å². The van der Waals surface area contributed by atoms with E-state index in [0.29, 0.717) is 17.0 Å². The van der Waals surface area contributed by atoms with E-state index in [1.165, 1.54) is 23.3 Å². The largest absolute Gasteiger partial charge is 0.465 e. The predicted octanol–water partition coefficient (Wildman–Crippen LogP) is 2.04. The highest BCUT2D eigenvalue weighted by atomic mass is 32.2. The Bertz CT molecular complexity index is 543. The van der Waals surface area contributed by atoms with Gasteiger partial charge in [-0.05, 0) is 43.3 Å². The van der Waals surface area contributed by atoms with Crippen LogP contribution in [0.15, 0.2) is 0 Å². The van der Waals surface area contributed by atoms with E-state index >= 15 is 0 Å². The number of aryl methyl sites for hydroxylation is 1. The maximum Gasteiger partial charge on any atom is 0.341 e. The number of nitrogens with two attached hydrogens (primary N) is 1. The molecular weight excluding hydrogens is 308 g/mol. The number of hydrogen-bond acceptors (Lipinski definition) is 6. The summed E-state index contributed by atoms with van der Waals surface area (Å²) in [5.41, 5.74) is 7.41. The number of ether oxygens (including phenoxy) is 1. The number of thiophene rings is 1. The van der Waals surface area contributed by atoms with Crippen LogP contribution >= 0.6 is 23.1 Å². The highest BCUT2D eigenvalue weighted by Gasteiger charge is 2.28. The number of methoxy groups -OCH3 is 1. The predicted molar refractivity (Wildman–Crippen MR) is 87.3 cm³/mol. The van der Waals surface area contributed by atoms with Crippen molar-refractivity contribution >= 4 is 40.0 Å². The van der Waals surface area contributed by atoms with E-state index in [0.717, 1.165) is 30.6 Å². The molecule has 0 saturated heterocycles. The summed E-state index contributed by atoms with van der Waals surface area (Å²) in [5.74, 6) is 0.204. The quantitative estimate of drug-likeness (QED) is 0.781. The summed E-state index contributed by atoms with van der Waals surface area (Å²) in [6.45, 7) is 0. The average Bonchev–Trinajstić information content (AvgIpc) is 3.04. The minimum atomic E-state index is -0.556. The van der Waals surface area contributed by atoms with E-state index in [4.69, 9.17) is 10.5 Å². The lowest BCUT2D eigenvalue weighted by Gasteiger charge is -2.12. The second-order valence-electron chi connectivity index (χ2n) is 4.93. The molecule has 1 aliphatic rings. The first kappa shape index (κ1) is 16.3. The number of fused-ring (bicyclic) bond motifs is 1. The third kappa shape index (κ3) is 3.59. The first-order valence-corrected chi connectivity index (χ1v) is 9.07. The van der Waals surface area contributed by atoms with Crippen LogP contribution in [0, 0.1) is 0 Å². The first-order valence-electron chi connectivity index (χ1n) is 6.86. The van der Waals surface area contributed by atoms with Gasteiger partial charge in [0.15, 0.2) is 0 Å². The molecule has 7 heteroatoms. The molecule has 0 spiro atoms. The van der Waals surface area contributed by atoms with E-state index < -0.39 is 6.04 Å². The Balaban J connectivity index is 2.16. The van der Waals surface area contributed by atoms with Gasteiger partial charge in [-0.1, -0.05) is 0 Å². The SMILES string of the molecule is COC(=O)c1c(NC(=O)[C@@H](N)CCSC)sc2c1CCC2. The minimum Gasteiger partial charge on any atom is -0.465 e. The maximum absolute atomic E-state index is 12.1. The molecule has 0 aliphatic heterocycles. The zero-order chi connectivity index (χ0) is 15.4. The lowest BCUT2D eigenvalue weighted by atomic mass is 10.1. The number of carbonyl (C=O) groups is 2. The molecule has 0 aromatic carbocycles. The fourth-order valence-electron chi connectivity index (χ4n) is 2.39. The second kappa shape index (κ2) is 7.29. The number of hydrogen-bond donors (Lipinski definition) is 2.